The second-order valence-corrected chi connectivity index (χ2v) is 6.72. The lowest BCUT2D eigenvalue weighted by molar-refractivity contribution is 0.561. The summed E-state index contributed by atoms with van der Waals surface area (Å²) in [6.07, 6.45) is 3.14. The van der Waals surface area contributed by atoms with Gasteiger partial charge in [-0.2, -0.15) is 0 Å². The smallest absolute Gasteiger partial charge is 0.232 e. The summed E-state index contributed by atoms with van der Waals surface area (Å²) in [7, 11) is -3.28. The van der Waals surface area contributed by atoms with Crippen molar-refractivity contribution in [2.45, 2.75) is 39.7 Å². The van der Waals surface area contributed by atoms with Gasteiger partial charge in [-0.1, -0.05) is 13.8 Å². The molecule has 1 aromatic heterocycles. The van der Waals surface area contributed by atoms with E-state index >= 15 is 0 Å². The molecule has 108 valence electrons. The summed E-state index contributed by atoms with van der Waals surface area (Å²) in [6.45, 7) is 6.77. The first-order valence-electron chi connectivity index (χ1n) is 6.56. The maximum atomic E-state index is 11.9. The van der Waals surface area contributed by atoms with Gasteiger partial charge < -0.3 is 5.32 Å². The first-order valence-corrected chi connectivity index (χ1v) is 8.21. The Morgan fingerprint density at radius 1 is 1.32 bits per heavy atom. The minimum absolute atomic E-state index is 0.140. The summed E-state index contributed by atoms with van der Waals surface area (Å²) in [5, 5.41) is 3.27. The lowest BCUT2D eigenvalue weighted by Crippen LogP contribution is -2.24. The molecule has 0 fully saturated rings. The van der Waals surface area contributed by atoms with Gasteiger partial charge in [-0.05, 0) is 38.4 Å². The highest BCUT2D eigenvalue weighted by atomic mass is 32.2. The SMILES string of the molecule is Cc1ncccc1NS(=O)(=O)CCCCNC(C)C. The van der Waals surface area contributed by atoms with Gasteiger partial charge in [0.1, 0.15) is 0 Å². The predicted molar refractivity (Wildman–Crippen MR) is 78.8 cm³/mol. The van der Waals surface area contributed by atoms with Crippen LogP contribution in [0.3, 0.4) is 0 Å². The first kappa shape index (κ1) is 15.9. The van der Waals surface area contributed by atoms with E-state index in [0.29, 0.717) is 23.8 Å². The van der Waals surface area contributed by atoms with Crippen molar-refractivity contribution in [3.05, 3.63) is 24.0 Å². The highest BCUT2D eigenvalue weighted by Gasteiger charge is 2.11. The summed E-state index contributed by atoms with van der Waals surface area (Å²) in [5.74, 6) is 0.140. The second kappa shape index (κ2) is 7.45. The molecular formula is C13H23N3O2S. The summed E-state index contributed by atoms with van der Waals surface area (Å²) >= 11 is 0. The molecule has 0 saturated heterocycles. The van der Waals surface area contributed by atoms with Gasteiger partial charge >= 0.3 is 0 Å². The van der Waals surface area contributed by atoms with Crippen LogP contribution in [-0.4, -0.2) is 31.7 Å². The average molecular weight is 285 g/mol. The zero-order valence-electron chi connectivity index (χ0n) is 11.8. The fourth-order valence-corrected chi connectivity index (χ4v) is 2.86. The lowest BCUT2D eigenvalue weighted by atomic mass is 10.3. The van der Waals surface area contributed by atoms with E-state index in [1.807, 2.05) is 0 Å². The molecule has 6 heteroatoms. The Hall–Kier alpha value is -1.14. The number of hydrogen-bond acceptors (Lipinski definition) is 4. The molecule has 0 aliphatic heterocycles. The van der Waals surface area contributed by atoms with Gasteiger partial charge in [0.25, 0.3) is 0 Å². The van der Waals surface area contributed by atoms with E-state index in [1.54, 1.807) is 25.3 Å². The van der Waals surface area contributed by atoms with Crippen LogP contribution in [0.4, 0.5) is 5.69 Å². The van der Waals surface area contributed by atoms with Gasteiger partial charge in [0.15, 0.2) is 0 Å². The molecule has 0 saturated carbocycles. The third-order valence-corrected chi connectivity index (χ3v) is 4.02. The Balaban J connectivity index is 2.38. The molecule has 0 amide bonds. The fourth-order valence-electron chi connectivity index (χ4n) is 1.62. The molecule has 0 aromatic carbocycles. The second-order valence-electron chi connectivity index (χ2n) is 4.87. The highest BCUT2D eigenvalue weighted by Crippen LogP contribution is 2.13. The highest BCUT2D eigenvalue weighted by molar-refractivity contribution is 7.92. The minimum atomic E-state index is -3.28. The molecule has 0 aliphatic rings. The Kier molecular flexibility index (Phi) is 6.24. The third kappa shape index (κ3) is 6.54. The van der Waals surface area contributed by atoms with Crippen LogP contribution in [0.1, 0.15) is 32.4 Å². The van der Waals surface area contributed by atoms with Crippen molar-refractivity contribution < 1.29 is 8.42 Å². The van der Waals surface area contributed by atoms with Crippen LogP contribution in [0.5, 0.6) is 0 Å². The van der Waals surface area contributed by atoms with E-state index in [0.717, 1.165) is 13.0 Å². The third-order valence-electron chi connectivity index (χ3n) is 2.66. The summed E-state index contributed by atoms with van der Waals surface area (Å²) < 4.78 is 26.4. The Morgan fingerprint density at radius 2 is 2.05 bits per heavy atom. The van der Waals surface area contributed by atoms with E-state index in [9.17, 15) is 8.42 Å². The van der Waals surface area contributed by atoms with Gasteiger partial charge in [-0.25, -0.2) is 8.42 Å². The number of rotatable bonds is 8. The molecule has 2 N–H and O–H groups in total. The van der Waals surface area contributed by atoms with Crippen LogP contribution in [0, 0.1) is 6.92 Å². The number of nitrogens with zero attached hydrogens (tertiary/aromatic N) is 1. The van der Waals surface area contributed by atoms with Crippen molar-refractivity contribution in [1.82, 2.24) is 10.3 Å². The Morgan fingerprint density at radius 3 is 2.68 bits per heavy atom. The number of anilines is 1. The molecule has 0 bridgehead atoms. The van der Waals surface area contributed by atoms with Crippen molar-refractivity contribution in [3.8, 4) is 0 Å². The van der Waals surface area contributed by atoms with Crippen LogP contribution in [0.25, 0.3) is 0 Å². The number of unbranched alkanes of at least 4 members (excludes halogenated alkanes) is 1. The number of aromatic nitrogens is 1. The van der Waals surface area contributed by atoms with Crippen LogP contribution < -0.4 is 10.0 Å². The average Bonchev–Trinajstić information content (AvgIpc) is 2.31. The molecule has 1 heterocycles. The largest absolute Gasteiger partial charge is 0.315 e. The first-order chi connectivity index (χ1) is 8.91. The number of sulfonamides is 1. The molecule has 0 unspecified atom stereocenters. The number of aryl methyl sites for hydroxylation is 1. The van der Waals surface area contributed by atoms with E-state index in [4.69, 9.17) is 0 Å². The zero-order chi connectivity index (χ0) is 14.3. The van der Waals surface area contributed by atoms with Crippen LogP contribution in [0.2, 0.25) is 0 Å². The molecule has 1 rings (SSSR count). The Bertz CT molecular complexity index is 486. The summed E-state index contributed by atoms with van der Waals surface area (Å²) in [4.78, 5) is 4.06. The zero-order valence-corrected chi connectivity index (χ0v) is 12.6. The lowest BCUT2D eigenvalue weighted by Gasteiger charge is -2.10. The van der Waals surface area contributed by atoms with Crippen molar-refractivity contribution in [2.75, 3.05) is 17.0 Å². The molecule has 0 aliphatic carbocycles. The van der Waals surface area contributed by atoms with E-state index in [-0.39, 0.29) is 5.75 Å². The van der Waals surface area contributed by atoms with Crippen molar-refractivity contribution >= 4 is 15.7 Å². The normalized spacial score (nSPS) is 11.8. The summed E-state index contributed by atoms with van der Waals surface area (Å²) in [6, 6.07) is 3.88. The molecule has 0 spiro atoms. The molecule has 1 aromatic rings. The van der Waals surface area contributed by atoms with Crippen LogP contribution in [0.15, 0.2) is 18.3 Å². The minimum Gasteiger partial charge on any atom is -0.315 e. The predicted octanol–water partition coefficient (Wildman–Crippen LogP) is 1.91. The van der Waals surface area contributed by atoms with Gasteiger partial charge in [0.05, 0.1) is 17.1 Å². The van der Waals surface area contributed by atoms with Crippen molar-refractivity contribution in [2.24, 2.45) is 0 Å². The van der Waals surface area contributed by atoms with Crippen molar-refractivity contribution in [3.63, 3.8) is 0 Å². The monoisotopic (exact) mass is 285 g/mol. The fraction of sp³-hybridized carbons (Fsp3) is 0.615. The van der Waals surface area contributed by atoms with Gasteiger partial charge in [-0.3, -0.25) is 9.71 Å². The number of nitrogens with one attached hydrogen (secondary N) is 2. The standard InChI is InChI=1S/C13H23N3O2S/c1-11(2)14-8-4-5-10-19(17,18)16-13-7-6-9-15-12(13)3/h6-7,9,11,14,16H,4-5,8,10H2,1-3H3. The van der Waals surface area contributed by atoms with Crippen LogP contribution in [-0.2, 0) is 10.0 Å². The topological polar surface area (TPSA) is 71.1 Å². The maximum Gasteiger partial charge on any atom is 0.232 e. The molecular weight excluding hydrogens is 262 g/mol. The van der Waals surface area contributed by atoms with Gasteiger partial charge in [0.2, 0.25) is 10.0 Å². The molecule has 5 nitrogen and oxygen atoms in total. The van der Waals surface area contributed by atoms with Gasteiger partial charge in [-0.15, -0.1) is 0 Å². The van der Waals surface area contributed by atoms with Crippen LogP contribution >= 0.6 is 0 Å². The summed E-state index contributed by atoms with van der Waals surface area (Å²) in [5.41, 5.74) is 1.25. The quantitative estimate of drug-likeness (QED) is 0.716. The number of pyridine rings is 1. The van der Waals surface area contributed by atoms with Crippen molar-refractivity contribution in [1.29, 1.82) is 0 Å². The molecule has 0 atom stereocenters. The van der Waals surface area contributed by atoms with E-state index < -0.39 is 10.0 Å². The number of hydrogen-bond donors (Lipinski definition) is 2. The molecule has 19 heavy (non-hydrogen) atoms. The molecule has 0 radical (unpaired) electrons. The maximum absolute atomic E-state index is 11.9. The van der Waals surface area contributed by atoms with E-state index in [2.05, 4.69) is 28.9 Å². The Labute approximate surface area is 115 Å². The van der Waals surface area contributed by atoms with E-state index in [1.165, 1.54) is 0 Å². The van der Waals surface area contributed by atoms with Gasteiger partial charge in [0, 0.05) is 12.2 Å².